The van der Waals surface area contributed by atoms with Crippen molar-refractivity contribution in [3.63, 3.8) is 0 Å². The molecule has 0 spiro atoms. The molecule has 1 aliphatic heterocycles. The molecular weight excluding hydrogens is 308 g/mol. The molecule has 0 saturated carbocycles. The van der Waals surface area contributed by atoms with Gasteiger partial charge in [0.1, 0.15) is 17.4 Å². The van der Waals surface area contributed by atoms with Crippen molar-refractivity contribution >= 4 is 17.7 Å². The summed E-state index contributed by atoms with van der Waals surface area (Å²) in [5, 5.41) is 2.88. The molecule has 1 unspecified atom stereocenters. The number of hydrogen-bond acceptors (Lipinski definition) is 4. The van der Waals surface area contributed by atoms with Crippen LogP contribution in [-0.2, 0) is 9.53 Å². The van der Waals surface area contributed by atoms with Gasteiger partial charge in [0.05, 0.1) is 12.8 Å². The maximum absolute atomic E-state index is 12.7. The van der Waals surface area contributed by atoms with E-state index in [1.807, 2.05) is 45.9 Å². The van der Waals surface area contributed by atoms with E-state index in [0.717, 1.165) is 12.0 Å². The van der Waals surface area contributed by atoms with E-state index >= 15 is 0 Å². The van der Waals surface area contributed by atoms with Gasteiger partial charge in [0.2, 0.25) is 5.91 Å². The van der Waals surface area contributed by atoms with Gasteiger partial charge in [-0.05, 0) is 58.2 Å². The van der Waals surface area contributed by atoms with Crippen molar-refractivity contribution in [1.29, 1.82) is 0 Å². The Hall–Kier alpha value is -2.24. The molecule has 6 nitrogen and oxygen atoms in total. The van der Waals surface area contributed by atoms with Gasteiger partial charge in [-0.1, -0.05) is 6.07 Å². The molecule has 1 aromatic rings. The summed E-state index contributed by atoms with van der Waals surface area (Å²) in [5.74, 6) is 0.373. The maximum atomic E-state index is 12.7. The summed E-state index contributed by atoms with van der Waals surface area (Å²) >= 11 is 0. The quantitative estimate of drug-likeness (QED) is 0.920. The monoisotopic (exact) mass is 334 g/mol. The molecule has 6 heteroatoms. The molecule has 1 atom stereocenters. The highest BCUT2D eigenvalue weighted by Gasteiger charge is 2.36. The molecule has 1 saturated heterocycles. The second-order valence-corrected chi connectivity index (χ2v) is 7.02. The number of ether oxygens (including phenoxy) is 2. The molecule has 24 heavy (non-hydrogen) atoms. The fraction of sp³-hybridized carbons (Fsp3) is 0.556. The minimum atomic E-state index is -0.583. The Morgan fingerprint density at radius 2 is 2.00 bits per heavy atom. The van der Waals surface area contributed by atoms with Crippen LogP contribution in [0.1, 0.15) is 39.2 Å². The molecule has 2 rings (SSSR count). The van der Waals surface area contributed by atoms with Gasteiger partial charge >= 0.3 is 6.09 Å². The Balaban J connectivity index is 2.11. The van der Waals surface area contributed by atoms with Crippen molar-refractivity contribution < 1.29 is 19.1 Å². The predicted molar refractivity (Wildman–Crippen MR) is 92.3 cm³/mol. The Labute approximate surface area is 143 Å². The zero-order valence-corrected chi connectivity index (χ0v) is 15.0. The second kappa shape index (κ2) is 7.11. The number of nitrogens with zero attached hydrogens (tertiary/aromatic N) is 1. The van der Waals surface area contributed by atoms with Gasteiger partial charge in [0.15, 0.2) is 0 Å². The van der Waals surface area contributed by atoms with E-state index in [-0.39, 0.29) is 5.91 Å². The van der Waals surface area contributed by atoms with Crippen LogP contribution in [0.4, 0.5) is 10.5 Å². The number of amides is 2. The molecule has 0 radical (unpaired) electrons. The summed E-state index contributed by atoms with van der Waals surface area (Å²) in [7, 11) is 1.56. The minimum absolute atomic E-state index is 0.220. The van der Waals surface area contributed by atoms with Crippen LogP contribution in [0.25, 0.3) is 0 Å². The molecule has 0 bridgehead atoms. The van der Waals surface area contributed by atoms with Crippen LogP contribution in [0.5, 0.6) is 5.75 Å². The Kier molecular flexibility index (Phi) is 5.36. The Morgan fingerprint density at radius 3 is 2.62 bits per heavy atom. The van der Waals surface area contributed by atoms with E-state index in [9.17, 15) is 9.59 Å². The lowest BCUT2D eigenvalue weighted by atomic mass is 10.1. The lowest BCUT2D eigenvalue weighted by Crippen LogP contribution is -2.45. The lowest BCUT2D eigenvalue weighted by molar-refractivity contribution is -0.120. The van der Waals surface area contributed by atoms with Crippen molar-refractivity contribution in [3.05, 3.63) is 23.8 Å². The predicted octanol–water partition coefficient (Wildman–Crippen LogP) is 3.34. The van der Waals surface area contributed by atoms with Gasteiger partial charge in [0.25, 0.3) is 0 Å². The van der Waals surface area contributed by atoms with Crippen LogP contribution >= 0.6 is 0 Å². The Morgan fingerprint density at radius 1 is 1.29 bits per heavy atom. The van der Waals surface area contributed by atoms with Crippen molar-refractivity contribution in [1.82, 2.24) is 4.90 Å². The highest BCUT2D eigenvalue weighted by molar-refractivity contribution is 5.98. The third kappa shape index (κ3) is 4.40. The third-order valence-electron chi connectivity index (χ3n) is 3.80. The fourth-order valence-electron chi connectivity index (χ4n) is 2.71. The van der Waals surface area contributed by atoms with Gasteiger partial charge in [-0.2, -0.15) is 0 Å². The molecule has 1 N–H and O–H groups in total. The van der Waals surface area contributed by atoms with E-state index < -0.39 is 17.7 Å². The molecule has 2 amide bonds. The number of carbonyl (C=O) groups excluding carboxylic acids is 2. The van der Waals surface area contributed by atoms with E-state index in [4.69, 9.17) is 9.47 Å². The van der Waals surface area contributed by atoms with Crippen molar-refractivity contribution in [2.75, 3.05) is 19.0 Å². The lowest BCUT2D eigenvalue weighted by Gasteiger charge is -2.28. The van der Waals surface area contributed by atoms with Crippen LogP contribution in [-0.4, -0.2) is 42.2 Å². The van der Waals surface area contributed by atoms with Crippen molar-refractivity contribution in [2.24, 2.45) is 0 Å². The van der Waals surface area contributed by atoms with Crippen LogP contribution < -0.4 is 10.1 Å². The second-order valence-electron chi connectivity index (χ2n) is 7.02. The first-order chi connectivity index (χ1) is 11.2. The first-order valence-electron chi connectivity index (χ1n) is 8.16. The zero-order valence-electron chi connectivity index (χ0n) is 15.0. The standard InChI is InChI=1S/C18H26N2O4/c1-12-8-9-15(23-5)13(11-12)19-16(21)14-7-6-10-20(14)17(22)24-18(2,3)4/h8-9,11,14H,6-7,10H2,1-5H3,(H,19,21). The summed E-state index contributed by atoms with van der Waals surface area (Å²) in [6.45, 7) is 7.91. The highest BCUT2D eigenvalue weighted by atomic mass is 16.6. The summed E-state index contributed by atoms with van der Waals surface area (Å²) in [6, 6.07) is 5.05. The van der Waals surface area contributed by atoms with E-state index in [0.29, 0.717) is 24.4 Å². The molecule has 132 valence electrons. The van der Waals surface area contributed by atoms with Gasteiger partial charge in [-0.15, -0.1) is 0 Å². The summed E-state index contributed by atoms with van der Waals surface area (Å²) in [6.07, 6.45) is 0.956. The summed E-state index contributed by atoms with van der Waals surface area (Å²) in [4.78, 5) is 26.5. The van der Waals surface area contributed by atoms with Gasteiger partial charge in [0, 0.05) is 6.54 Å². The average Bonchev–Trinajstić information content (AvgIpc) is 2.95. The largest absolute Gasteiger partial charge is 0.495 e. The molecule has 1 aromatic carbocycles. The molecule has 0 aromatic heterocycles. The molecule has 0 aliphatic carbocycles. The van der Waals surface area contributed by atoms with Crippen LogP contribution in [0.3, 0.4) is 0 Å². The first-order valence-corrected chi connectivity index (χ1v) is 8.16. The highest BCUT2D eigenvalue weighted by Crippen LogP contribution is 2.27. The van der Waals surface area contributed by atoms with E-state index in [2.05, 4.69) is 5.32 Å². The van der Waals surface area contributed by atoms with Gasteiger partial charge in [-0.25, -0.2) is 4.79 Å². The van der Waals surface area contributed by atoms with Gasteiger partial charge in [-0.3, -0.25) is 9.69 Å². The molecule has 1 aliphatic rings. The summed E-state index contributed by atoms with van der Waals surface area (Å²) < 4.78 is 10.7. The fourth-order valence-corrected chi connectivity index (χ4v) is 2.71. The number of nitrogens with one attached hydrogen (secondary N) is 1. The normalized spacial score (nSPS) is 17.5. The van der Waals surface area contributed by atoms with Crippen molar-refractivity contribution in [3.8, 4) is 5.75 Å². The van der Waals surface area contributed by atoms with Gasteiger partial charge < -0.3 is 14.8 Å². The third-order valence-corrected chi connectivity index (χ3v) is 3.80. The SMILES string of the molecule is COc1ccc(C)cc1NC(=O)C1CCCN1C(=O)OC(C)(C)C. The molecule has 1 heterocycles. The van der Waals surface area contributed by atoms with Crippen LogP contribution in [0, 0.1) is 6.92 Å². The number of likely N-dealkylation sites (tertiary alicyclic amines) is 1. The number of rotatable bonds is 3. The van der Waals surface area contributed by atoms with E-state index in [1.165, 1.54) is 4.90 Å². The molecule has 1 fully saturated rings. The van der Waals surface area contributed by atoms with Crippen molar-refractivity contribution in [2.45, 2.75) is 52.2 Å². The topological polar surface area (TPSA) is 67.9 Å². The minimum Gasteiger partial charge on any atom is -0.495 e. The van der Waals surface area contributed by atoms with Crippen LogP contribution in [0.2, 0.25) is 0 Å². The number of benzene rings is 1. The Bertz CT molecular complexity index is 622. The number of methoxy groups -OCH3 is 1. The number of hydrogen-bond donors (Lipinski definition) is 1. The summed E-state index contributed by atoms with van der Waals surface area (Å²) in [5.41, 5.74) is 1.04. The molecular formula is C18H26N2O4. The zero-order chi connectivity index (χ0) is 17.9. The first kappa shape index (κ1) is 18.1. The maximum Gasteiger partial charge on any atom is 0.410 e. The smallest absolute Gasteiger partial charge is 0.410 e. The van der Waals surface area contributed by atoms with Crippen LogP contribution in [0.15, 0.2) is 18.2 Å². The number of carbonyl (C=O) groups is 2. The average molecular weight is 334 g/mol. The van der Waals surface area contributed by atoms with E-state index in [1.54, 1.807) is 7.11 Å². The number of aryl methyl sites for hydroxylation is 1. The number of anilines is 1.